The number of hydrogen-bond acceptors (Lipinski definition) is 4. The van der Waals surface area contributed by atoms with Gasteiger partial charge in [-0.15, -0.1) is 0 Å². The van der Waals surface area contributed by atoms with Crippen LogP contribution in [0, 0.1) is 20.8 Å². The molecule has 2 rings (SSSR count). The summed E-state index contributed by atoms with van der Waals surface area (Å²) in [6.07, 6.45) is 2.28. The van der Waals surface area contributed by atoms with Gasteiger partial charge in [0.15, 0.2) is 6.29 Å². The van der Waals surface area contributed by atoms with E-state index in [9.17, 15) is 4.79 Å². The van der Waals surface area contributed by atoms with Crippen LogP contribution in [0.5, 0.6) is 0 Å². The number of benzene rings is 1. The maximum Gasteiger partial charge on any atom is 0.155 e. The summed E-state index contributed by atoms with van der Waals surface area (Å²) in [4.78, 5) is 19.2. The highest BCUT2D eigenvalue weighted by molar-refractivity contribution is 5.83. The fourth-order valence-corrected chi connectivity index (χ4v) is 1.62. The van der Waals surface area contributed by atoms with E-state index in [0.717, 1.165) is 12.0 Å². The summed E-state index contributed by atoms with van der Waals surface area (Å²) in [6, 6.07) is 6.03. The standard InChI is InChI=1S/C14H15N3O/c1-9-4-5-13(6-10(9)2)17-14-12(8-18)7-15-11(3)16-14/h4-8H,1-3H3,(H,15,16,17). The largest absolute Gasteiger partial charge is 0.340 e. The number of anilines is 2. The average molecular weight is 241 g/mol. The van der Waals surface area contributed by atoms with E-state index in [4.69, 9.17) is 0 Å². The maximum absolute atomic E-state index is 10.9. The molecule has 0 aliphatic carbocycles. The zero-order chi connectivity index (χ0) is 13.1. The third-order valence-corrected chi connectivity index (χ3v) is 2.83. The molecule has 0 fully saturated rings. The molecule has 0 bridgehead atoms. The Bertz CT molecular complexity index is 594. The first kappa shape index (κ1) is 12.2. The van der Waals surface area contributed by atoms with Crippen molar-refractivity contribution in [1.82, 2.24) is 9.97 Å². The van der Waals surface area contributed by atoms with Gasteiger partial charge in [0.2, 0.25) is 0 Å². The lowest BCUT2D eigenvalue weighted by molar-refractivity contribution is 0.112. The smallest absolute Gasteiger partial charge is 0.155 e. The van der Waals surface area contributed by atoms with Crippen molar-refractivity contribution in [1.29, 1.82) is 0 Å². The van der Waals surface area contributed by atoms with Crippen molar-refractivity contribution in [2.75, 3.05) is 5.32 Å². The Balaban J connectivity index is 2.35. The van der Waals surface area contributed by atoms with Crippen LogP contribution in [0.4, 0.5) is 11.5 Å². The summed E-state index contributed by atoms with van der Waals surface area (Å²) < 4.78 is 0. The molecule has 0 aliphatic rings. The minimum Gasteiger partial charge on any atom is -0.340 e. The van der Waals surface area contributed by atoms with Crippen LogP contribution in [0.15, 0.2) is 24.4 Å². The lowest BCUT2D eigenvalue weighted by Crippen LogP contribution is -2.02. The van der Waals surface area contributed by atoms with Gasteiger partial charge in [0.1, 0.15) is 11.6 Å². The van der Waals surface area contributed by atoms with E-state index in [-0.39, 0.29) is 0 Å². The van der Waals surface area contributed by atoms with Crippen LogP contribution in [0.1, 0.15) is 27.3 Å². The molecule has 0 amide bonds. The van der Waals surface area contributed by atoms with Gasteiger partial charge in [-0.05, 0) is 44.0 Å². The summed E-state index contributed by atoms with van der Waals surface area (Å²) in [7, 11) is 0. The van der Waals surface area contributed by atoms with Gasteiger partial charge < -0.3 is 5.32 Å². The van der Waals surface area contributed by atoms with E-state index in [0.29, 0.717) is 17.2 Å². The Kier molecular flexibility index (Phi) is 3.37. The van der Waals surface area contributed by atoms with Gasteiger partial charge in [-0.2, -0.15) is 0 Å². The normalized spacial score (nSPS) is 10.2. The average Bonchev–Trinajstić information content (AvgIpc) is 2.34. The number of aryl methyl sites for hydroxylation is 3. The van der Waals surface area contributed by atoms with Crippen LogP contribution in [0.25, 0.3) is 0 Å². The van der Waals surface area contributed by atoms with E-state index >= 15 is 0 Å². The predicted octanol–water partition coefficient (Wildman–Crippen LogP) is 2.96. The van der Waals surface area contributed by atoms with Crippen LogP contribution >= 0.6 is 0 Å². The molecule has 0 saturated carbocycles. The third-order valence-electron chi connectivity index (χ3n) is 2.83. The van der Waals surface area contributed by atoms with E-state index < -0.39 is 0 Å². The molecule has 0 spiro atoms. The van der Waals surface area contributed by atoms with Crippen molar-refractivity contribution in [2.24, 2.45) is 0 Å². The number of carbonyl (C=O) groups excluding carboxylic acids is 1. The van der Waals surface area contributed by atoms with Crippen molar-refractivity contribution < 1.29 is 4.79 Å². The zero-order valence-corrected chi connectivity index (χ0v) is 10.7. The van der Waals surface area contributed by atoms with Gasteiger partial charge >= 0.3 is 0 Å². The van der Waals surface area contributed by atoms with Crippen molar-refractivity contribution >= 4 is 17.8 Å². The molecule has 18 heavy (non-hydrogen) atoms. The molecule has 1 aromatic heterocycles. The monoisotopic (exact) mass is 241 g/mol. The van der Waals surface area contributed by atoms with Crippen molar-refractivity contribution in [2.45, 2.75) is 20.8 Å². The molecule has 0 atom stereocenters. The molecule has 0 unspecified atom stereocenters. The first-order valence-corrected chi connectivity index (χ1v) is 5.73. The molecule has 0 aliphatic heterocycles. The summed E-state index contributed by atoms with van der Waals surface area (Å²) >= 11 is 0. The summed E-state index contributed by atoms with van der Waals surface area (Å²) in [5.41, 5.74) is 3.80. The molecule has 0 radical (unpaired) electrons. The Morgan fingerprint density at radius 2 is 1.94 bits per heavy atom. The van der Waals surface area contributed by atoms with E-state index in [1.807, 2.05) is 25.1 Å². The first-order valence-electron chi connectivity index (χ1n) is 5.73. The second kappa shape index (κ2) is 4.96. The molecule has 1 N–H and O–H groups in total. The summed E-state index contributed by atoms with van der Waals surface area (Å²) in [5.74, 6) is 1.17. The zero-order valence-electron chi connectivity index (χ0n) is 10.7. The molecule has 4 nitrogen and oxygen atoms in total. The lowest BCUT2D eigenvalue weighted by atomic mass is 10.1. The Morgan fingerprint density at radius 3 is 2.61 bits per heavy atom. The van der Waals surface area contributed by atoms with Gasteiger partial charge in [-0.25, -0.2) is 9.97 Å². The Morgan fingerprint density at radius 1 is 1.17 bits per heavy atom. The fraction of sp³-hybridized carbons (Fsp3) is 0.214. The predicted molar refractivity (Wildman–Crippen MR) is 71.4 cm³/mol. The molecule has 2 aromatic rings. The van der Waals surface area contributed by atoms with Gasteiger partial charge in [0.25, 0.3) is 0 Å². The van der Waals surface area contributed by atoms with Gasteiger partial charge in [-0.1, -0.05) is 6.07 Å². The molecule has 92 valence electrons. The van der Waals surface area contributed by atoms with Crippen molar-refractivity contribution in [3.05, 3.63) is 46.9 Å². The molecule has 0 saturated heterocycles. The molecular formula is C14H15N3O. The Hall–Kier alpha value is -2.23. The van der Waals surface area contributed by atoms with Gasteiger partial charge in [-0.3, -0.25) is 4.79 Å². The number of aromatic nitrogens is 2. The fourth-order valence-electron chi connectivity index (χ4n) is 1.62. The number of carbonyl (C=O) groups is 1. The molecule has 4 heteroatoms. The van der Waals surface area contributed by atoms with Crippen molar-refractivity contribution in [3.63, 3.8) is 0 Å². The second-order valence-electron chi connectivity index (χ2n) is 4.26. The number of rotatable bonds is 3. The van der Waals surface area contributed by atoms with Crippen LogP contribution in [-0.2, 0) is 0 Å². The first-order chi connectivity index (χ1) is 8.60. The SMILES string of the molecule is Cc1ncc(C=O)c(Nc2ccc(C)c(C)c2)n1. The molecular weight excluding hydrogens is 226 g/mol. The van der Waals surface area contributed by atoms with E-state index in [1.54, 1.807) is 6.92 Å². The van der Waals surface area contributed by atoms with Gasteiger partial charge in [0.05, 0.1) is 5.56 Å². The van der Waals surface area contributed by atoms with Crippen LogP contribution in [0.3, 0.4) is 0 Å². The number of hydrogen-bond donors (Lipinski definition) is 1. The Labute approximate surface area is 106 Å². The topological polar surface area (TPSA) is 54.9 Å². The van der Waals surface area contributed by atoms with Crippen LogP contribution < -0.4 is 5.32 Å². The highest BCUT2D eigenvalue weighted by atomic mass is 16.1. The highest BCUT2D eigenvalue weighted by Gasteiger charge is 2.05. The third kappa shape index (κ3) is 2.53. The number of nitrogens with one attached hydrogen (secondary N) is 1. The van der Waals surface area contributed by atoms with Crippen LogP contribution in [0.2, 0.25) is 0 Å². The lowest BCUT2D eigenvalue weighted by Gasteiger charge is -2.09. The minimum absolute atomic E-state index is 0.457. The van der Waals surface area contributed by atoms with Crippen LogP contribution in [-0.4, -0.2) is 16.3 Å². The van der Waals surface area contributed by atoms with E-state index in [2.05, 4.69) is 22.2 Å². The van der Waals surface area contributed by atoms with Gasteiger partial charge in [0, 0.05) is 11.9 Å². The number of aldehydes is 1. The van der Waals surface area contributed by atoms with E-state index in [1.165, 1.54) is 17.3 Å². The quantitative estimate of drug-likeness (QED) is 0.839. The maximum atomic E-state index is 10.9. The molecule has 1 aromatic carbocycles. The minimum atomic E-state index is 0.457. The van der Waals surface area contributed by atoms with Crippen molar-refractivity contribution in [3.8, 4) is 0 Å². The highest BCUT2D eigenvalue weighted by Crippen LogP contribution is 2.20. The summed E-state index contributed by atoms with van der Waals surface area (Å²) in [5, 5.41) is 3.15. The number of nitrogens with zero attached hydrogens (tertiary/aromatic N) is 2. The summed E-state index contributed by atoms with van der Waals surface area (Å²) in [6.45, 7) is 5.90. The molecule has 1 heterocycles. The second-order valence-corrected chi connectivity index (χ2v) is 4.26.